The van der Waals surface area contributed by atoms with Gasteiger partial charge in [0, 0.05) is 0 Å². The lowest BCUT2D eigenvalue weighted by Gasteiger charge is -2.21. The number of carbonyl (C=O) groups excluding carboxylic acids is 1. The van der Waals surface area contributed by atoms with Gasteiger partial charge in [-0.2, -0.15) is 0 Å². The first-order chi connectivity index (χ1) is 8.88. The summed E-state index contributed by atoms with van der Waals surface area (Å²) < 4.78 is 22.4. The quantitative estimate of drug-likeness (QED) is 0.602. The summed E-state index contributed by atoms with van der Waals surface area (Å²) in [5.74, 6) is 0.213. The van der Waals surface area contributed by atoms with Crippen LogP contribution in [0.1, 0.15) is 34.1 Å². The highest BCUT2D eigenvalue weighted by Gasteiger charge is 2.26. The van der Waals surface area contributed by atoms with Crippen molar-refractivity contribution < 1.29 is 18.4 Å². The van der Waals surface area contributed by atoms with Gasteiger partial charge < -0.3 is 19.7 Å². The first kappa shape index (κ1) is 18.6. The van der Waals surface area contributed by atoms with Crippen molar-refractivity contribution in [1.82, 2.24) is 10.6 Å². The number of rotatable bonds is 10. The van der Waals surface area contributed by atoms with Crippen molar-refractivity contribution in [2.45, 2.75) is 40.2 Å². The van der Waals surface area contributed by atoms with Crippen LogP contribution in [0.3, 0.4) is 0 Å². The van der Waals surface area contributed by atoms with Gasteiger partial charge in [0.1, 0.15) is 6.29 Å². The molecule has 0 spiro atoms. The van der Waals surface area contributed by atoms with E-state index in [1.54, 1.807) is 20.9 Å². The van der Waals surface area contributed by atoms with E-state index in [1.165, 1.54) is 0 Å². The first-order valence-electron chi connectivity index (χ1n) is 6.71. The number of likely N-dealkylation sites (N-methyl/N-ethyl adjacent to an activating group) is 1. The predicted molar refractivity (Wildman–Crippen MR) is 76.2 cm³/mol. The third-order valence-electron chi connectivity index (χ3n) is 2.47. The summed E-state index contributed by atoms with van der Waals surface area (Å²) in [7, 11) is -1.48. The van der Waals surface area contributed by atoms with E-state index in [4.69, 9.17) is 9.05 Å². The van der Waals surface area contributed by atoms with Gasteiger partial charge in [0.25, 0.3) is 0 Å². The van der Waals surface area contributed by atoms with Crippen LogP contribution in [0.2, 0.25) is 0 Å². The average molecular weight is 294 g/mol. The molecule has 2 N–H and O–H groups in total. The molecule has 1 unspecified atom stereocenters. The summed E-state index contributed by atoms with van der Waals surface area (Å²) in [6.45, 7) is 8.14. The Balaban J connectivity index is 4.41. The third-order valence-corrected chi connectivity index (χ3v) is 4.32. The molecule has 6 nitrogen and oxygen atoms in total. The van der Waals surface area contributed by atoms with E-state index in [-0.39, 0.29) is 31.4 Å². The van der Waals surface area contributed by atoms with Gasteiger partial charge in [-0.05, 0) is 33.2 Å². The molecule has 1 atom stereocenters. The molecule has 1 amide bonds. The zero-order valence-corrected chi connectivity index (χ0v) is 13.5. The first-order valence-corrected chi connectivity index (χ1v) is 8.44. The summed E-state index contributed by atoms with van der Waals surface area (Å²) in [5, 5.41) is 5.58. The van der Waals surface area contributed by atoms with Gasteiger partial charge in [-0.1, -0.05) is 13.8 Å². The van der Waals surface area contributed by atoms with Crippen molar-refractivity contribution in [2.75, 3.05) is 26.5 Å². The van der Waals surface area contributed by atoms with Gasteiger partial charge >= 0.3 is 7.60 Å². The molecule has 0 rings (SSSR count). The largest absolute Gasteiger partial charge is 0.349 e. The lowest BCUT2D eigenvalue weighted by atomic mass is 10.0. The Morgan fingerprint density at radius 3 is 2.11 bits per heavy atom. The van der Waals surface area contributed by atoms with Gasteiger partial charge in [0.2, 0.25) is 5.91 Å². The second-order valence-electron chi connectivity index (χ2n) is 4.62. The molecule has 0 aliphatic rings. The maximum Gasteiger partial charge on any atom is 0.349 e. The molecular formula is C12H27N2O4P. The molecule has 0 saturated carbocycles. The predicted octanol–water partition coefficient (Wildman–Crippen LogP) is 1.96. The van der Waals surface area contributed by atoms with E-state index < -0.39 is 7.60 Å². The Bertz CT molecular complexity index is 300. The Morgan fingerprint density at radius 2 is 1.74 bits per heavy atom. The Hall–Kier alpha value is -0.420. The maximum atomic E-state index is 12.2. The Morgan fingerprint density at radius 1 is 1.21 bits per heavy atom. The zero-order valence-electron chi connectivity index (χ0n) is 12.6. The Labute approximate surface area is 116 Å². The fourth-order valence-corrected chi connectivity index (χ4v) is 3.04. The van der Waals surface area contributed by atoms with Crippen molar-refractivity contribution in [3.63, 3.8) is 0 Å². The van der Waals surface area contributed by atoms with Gasteiger partial charge in [-0.3, -0.25) is 9.36 Å². The number of nitrogens with one attached hydrogen (secondary N) is 2. The summed E-state index contributed by atoms with van der Waals surface area (Å²) in [5.41, 5.74) is 0. The fourth-order valence-electron chi connectivity index (χ4n) is 1.65. The van der Waals surface area contributed by atoms with Crippen LogP contribution in [0.4, 0.5) is 0 Å². The fraction of sp³-hybridized carbons (Fsp3) is 0.917. The summed E-state index contributed by atoms with van der Waals surface area (Å²) >= 11 is 0. The minimum Gasteiger partial charge on any atom is -0.343 e. The van der Waals surface area contributed by atoms with E-state index in [9.17, 15) is 9.36 Å². The van der Waals surface area contributed by atoms with Gasteiger partial charge in [-0.25, -0.2) is 0 Å². The van der Waals surface area contributed by atoms with E-state index in [0.717, 1.165) is 6.42 Å². The molecular weight excluding hydrogens is 267 g/mol. The molecule has 0 aromatic rings. The molecule has 0 heterocycles. The molecule has 0 aromatic heterocycles. The Kier molecular flexibility index (Phi) is 9.27. The number of amides is 1. The SMILES string of the molecule is CCOP(=O)(CNC(=O)C(CC(C)C)NC)OCC. The van der Waals surface area contributed by atoms with Crippen LogP contribution in [0.25, 0.3) is 0 Å². The van der Waals surface area contributed by atoms with E-state index in [0.29, 0.717) is 5.92 Å². The van der Waals surface area contributed by atoms with Crippen LogP contribution in [0.5, 0.6) is 0 Å². The van der Waals surface area contributed by atoms with Gasteiger partial charge in [0.15, 0.2) is 0 Å². The van der Waals surface area contributed by atoms with E-state index in [2.05, 4.69) is 10.6 Å². The number of carbonyl (C=O) groups is 1. The normalized spacial score (nSPS) is 13.6. The van der Waals surface area contributed by atoms with Crippen molar-refractivity contribution in [1.29, 1.82) is 0 Å². The highest BCUT2D eigenvalue weighted by atomic mass is 31.2. The summed E-state index contributed by atoms with van der Waals surface area (Å²) in [6.07, 6.45) is 0.625. The van der Waals surface area contributed by atoms with Crippen LogP contribution in [-0.2, 0) is 18.4 Å². The monoisotopic (exact) mass is 294 g/mol. The van der Waals surface area contributed by atoms with Crippen LogP contribution >= 0.6 is 7.60 Å². The summed E-state index contributed by atoms with van der Waals surface area (Å²) in [6, 6.07) is -0.295. The molecule has 0 fully saturated rings. The molecule has 0 aliphatic carbocycles. The van der Waals surface area contributed by atoms with Crippen LogP contribution in [-0.4, -0.2) is 38.5 Å². The number of hydrogen-bond acceptors (Lipinski definition) is 5. The lowest BCUT2D eigenvalue weighted by molar-refractivity contribution is -0.123. The zero-order chi connectivity index (χ0) is 14.9. The third kappa shape index (κ3) is 7.67. The van der Waals surface area contributed by atoms with E-state index >= 15 is 0 Å². The molecule has 7 heteroatoms. The topological polar surface area (TPSA) is 76.7 Å². The molecule has 19 heavy (non-hydrogen) atoms. The van der Waals surface area contributed by atoms with Crippen molar-refractivity contribution in [2.24, 2.45) is 5.92 Å². The molecule has 0 radical (unpaired) electrons. The van der Waals surface area contributed by atoms with Gasteiger partial charge in [0.05, 0.1) is 19.3 Å². The standard InChI is InChI=1S/C12H27N2O4P/c1-6-17-19(16,18-7-2)9-14-12(15)11(13-5)8-10(3)4/h10-11,13H,6-9H2,1-5H3,(H,14,15). The van der Waals surface area contributed by atoms with Crippen molar-refractivity contribution in [3.05, 3.63) is 0 Å². The van der Waals surface area contributed by atoms with Crippen LogP contribution < -0.4 is 10.6 Å². The average Bonchev–Trinajstić information content (AvgIpc) is 2.33. The smallest absolute Gasteiger partial charge is 0.343 e. The van der Waals surface area contributed by atoms with Crippen molar-refractivity contribution in [3.8, 4) is 0 Å². The van der Waals surface area contributed by atoms with Crippen LogP contribution in [0, 0.1) is 5.92 Å². The highest BCUT2D eigenvalue weighted by molar-refractivity contribution is 7.53. The second-order valence-corrected chi connectivity index (χ2v) is 6.67. The lowest BCUT2D eigenvalue weighted by Crippen LogP contribution is -2.43. The van der Waals surface area contributed by atoms with Crippen molar-refractivity contribution >= 4 is 13.5 Å². The molecule has 0 aromatic carbocycles. The molecule has 0 aliphatic heterocycles. The number of hydrogen-bond donors (Lipinski definition) is 2. The highest BCUT2D eigenvalue weighted by Crippen LogP contribution is 2.46. The molecule has 0 bridgehead atoms. The van der Waals surface area contributed by atoms with Crippen LogP contribution in [0.15, 0.2) is 0 Å². The minimum absolute atomic E-state index is 0.0935. The maximum absolute atomic E-state index is 12.2. The molecule has 114 valence electrons. The summed E-state index contributed by atoms with van der Waals surface area (Å²) in [4.78, 5) is 12.0. The van der Waals surface area contributed by atoms with Gasteiger partial charge in [-0.15, -0.1) is 0 Å². The minimum atomic E-state index is -3.22. The molecule has 0 saturated heterocycles. The van der Waals surface area contributed by atoms with E-state index in [1.807, 2.05) is 13.8 Å². The second kappa shape index (κ2) is 9.48.